The van der Waals surface area contributed by atoms with Crippen LogP contribution in [0.25, 0.3) is 0 Å². The van der Waals surface area contributed by atoms with Crippen molar-refractivity contribution >= 4 is 11.8 Å². The van der Waals surface area contributed by atoms with Crippen LogP contribution in [0.5, 0.6) is 0 Å². The first-order valence-corrected chi connectivity index (χ1v) is 6.60. The van der Waals surface area contributed by atoms with Crippen molar-refractivity contribution in [2.24, 2.45) is 5.73 Å². The number of rotatable bonds is 3. The number of halogens is 2. The van der Waals surface area contributed by atoms with Gasteiger partial charge in [-0.3, -0.25) is 9.59 Å². The molecule has 0 unspecified atom stereocenters. The Hall–Kier alpha value is -3.20. The van der Waals surface area contributed by atoms with Crippen LogP contribution in [0.1, 0.15) is 26.3 Å². The van der Waals surface area contributed by atoms with Crippen LogP contribution in [0.3, 0.4) is 0 Å². The molecular formula is C17H12F2N2O2. The Labute approximate surface area is 131 Å². The lowest BCUT2D eigenvalue weighted by atomic mass is 10.1. The van der Waals surface area contributed by atoms with Crippen molar-refractivity contribution in [2.75, 3.05) is 6.54 Å². The van der Waals surface area contributed by atoms with Gasteiger partial charge in [0.25, 0.3) is 5.91 Å². The molecule has 0 aromatic heterocycles. The van der Waals surface area contributed by atoms with Crippen molar-refractivity contribution in [1.82, 2.24) is 5.32 Å². The summed E-state index contributed by atoms with van der Waals surface area (Å²) < 4.78 is 26.8. The Morgan fingerprint density at radius 2 is 1.65 bits per heavy atom. The fraction of sp³-hybridized carbons (Fsp3) is 0.0588. The molecule has 0 saturated carbocycles. The topological polar surface area (TPSA) is 72.2 Å². The van der Waals surface area contributed by atoms with Crippen LogP contribution in [-0.4, -0.2) is 18.4 Å². The Kier molecular flexibility index (Phi) is 5.05. The van der Waals surface area contributed by atoms with Crippen LogP contribution in [-0.2, 0) is 0 Å². The number of primary amides is 1. The Balaban J connectivity index is 1.98. The standard InChI is InChI=1S/C17H12F2N2O2/c18-13-4-1-5-14(19)15(13)17(23)21-10-2-3-11-6-8-12(9-7-11)16(20)22/h1,4-9H,10H2,(H2,20,22)(H,21,23). The molecule has 23 heavy (non-hydrogen) atoms. The first-order valence-electron chi connectivity index (χ1n) is 6.60. The van der Waals surface area contributed by atoms with E-state index >= 15 is 0 Å². The second-order valence-electron chi connectivity index (χ2n) is 4.52. The molecular weight excluding hydrogens is 302 g/mol. The highest BCUT2D eigenvalue weighted by atomic mass is 19.1. The number of nitrogens with two attached hydrogens (primary N) is 1. The summed E-state index contributed by atoms with van der Waals surface area (Å²) in [6, 6.07) is 9.45. The van der Waals surface area contributed by atoms with Crippen LogP contribution >= 0.6 is 0 Å². The van der Waals surface area contributed by atoms with Crippen LogP contribution in [0.2, 0.25) is 0 Å². The van der Waals surface area contributed by atoms with Gasteiger partial charge in [0.15, 0.2) is 0 Å². The summed E-state index contributed by atoms with van der Waals surface area (Å²) in [4.78, 5) is 22.6. The minimum atomic E-state index is -0.933. The molecule has 0 spiro atoms. The van der Waals surface area contributed by atoms with Crippen molar-refractivity contribution < 1.29 is 18.4 Å². The molecule has 116 valence electrons. The number of carbonyl (C=O) groups is 2. The van der Waals surface area contributed by atoms with Gasteiger partial charge in [0.05, 0.1) is 6.54 Å². The fourth-order valence-corrected chi connectivity index (χ4v) is 1.79. The van der Waals surface area contributed by atoms with Crippen LogP contribution in [0, 0.1) is 23.5 Å². The van der Waals surface area contributed by atoms with Crippen LogP contribution in [0.4, 0.5) is 8.78 Å². The molecule has 0 aliphatic rings. The van der Waals surface area contributed by atoms with Gasteiger partial charge in [-0.15, -0.1) is 0 Å². The number of carbonyl (C=O) groups excluding carboxylic acids is 2. The van der Waals surface area contributed by atoms with Gasteiger partial charge in [-0.25, -0.2) is 8.78 Å². The van der Waals surface area contributed by atoms with E-state index in [1.165, 1.54) is 18.2 Å². The smallest absolute Gasteiger partial charge is 0.258 e. The molecule has 3 N–H and O–H groups in total. The predicted octanol–water partition coefficient (Wildman–Crippen LogP) is 1.85. The monoisotopic (exact) mass is 314 g/mol. The number of hydrogen-bond acceptors (Lipinski definition) is 2. The molecule has 0 heterocycles. The molecule has 2 aromatic carbocycles. The molecule has 0 radical (unpaired) electrons. The molecule has 2 rings (SSSR count). The second-order valence-corrected chi connectivity index (χ2v) is 4.52. The Bertz CT molecular complexity index is 785. The van der Waals surface area contributed by atoms with E-state index in [9.17, 15) is 18.4 Å². The summed E-state index contributed by atoms with van der Waals surface area (Å²) in [7, 11) is 0. The van der Waals surface area contributed by atoms with E-state index in [1.54, 1.807) is 12.1 Å². The van der Waals surface area contributed by atoms with Gasteiger partial charge in [0.2, 0.25) is 5.91 Å². The summed E-state index contributed by atoms with van der Waals surface area (Å²) >= 11 is 0. The van der Waals surface area contributed by atoms with E-state index in [0.29, 0.717) is 11.1 Å². The zero-order valence-corrected chi connectivity index (χ0v) is 11.9. The van der Waals surface area contributed by atoms with E-state index in [1.807, 2.05) is 0 Å². The molecule has 2 amide bonds. The van der Waals surface area contributed by atoms with E-state index in [4.69, 9.17) is 5.73 Å². The molecule has 0 aliphatic heterocycles. The molecule has 2 aromatic rings. The molecule has 0 saturated heterocycles. The van der Waals surface area contributed by atoms with Crippen molar-refractivity contribution in [3.63, 3.8) is 0 Å². The lowest BCUT2D eigenvalue weighted by Gasteiger charge is -2.03. The van der Waals surface area contributed by atoms with Crippen molar-refractivity contribution in [3.8, 4) is 11.8 Å². The minimum Gasteiger partial charge on any atom is -0.366 e. The highest BCUT2D eigenvalue weighted by Crippen LogP contribution is 2.11. The zero-order chi connectivity index (χ0) is 16.8. The normalized spacial score (nSPS) is 9.65. The Morgan fingerprint density at radius 1 is 1.04 bits per heavy atom. The van der Waals surface area contributed by atoms with Crippen LogP contribution in [0.15, 0.2) is 42.5 Å². The van der Waals surface area contributed by atoms with E-state index in [0.717, 1.165) is 12.1 Å². The summed E-state index contributed by atoms with van der Waals surface area (Å²) in [6.45, 7) is -0.0792. The van der Waals surface area contributed by atoms with Gasteiger partial charge in [-0.05, 0) is 36.4 Å². The van der Waals surface area contributed by atoms with Crippen molar-refractivity contribution in [1.29, 1.82) is 0 Å². The van der Waals surface area contributed by atoms with Crippen molar-refractivity contribution in [2.45, 2.75) is 0 Å². The first kappa shape index (κ1) is 16.2. The fourth-order valence-electron chi connectivity index (χ4n) is 1.79. The molecule has 6 heteroatoms. The SMILES string of the molecule is NC(=O)c1ccc(C#CCNC(=O)c2c(F)cccc2F)cc1. The quantitative estimate of drug-likeness (QED) is 0.849. The zero-order valence-electron chi connectivity index (χ0n) is 11.9. The maximum Gasteiger partial charge on any atom is 0.258 e. The largest absolute Gasteiger partial charge is 0.366 e. The van der Waals surface area contributed by atoms with Gasteiger partial charge < -0.3 is 11.1 Å². The van der Waals surface area contributed by atoms with Gasteiger partial charge in [-0.2, -0.15) is 0 Å². The van der Waals surface area contributed by atoms with Crippen molar-refractivity contribution in [3.05, 3.63) is 70.8 Å². The number of hydrogen-bond donors (Lipinski definition) is 2. The molecule has 0 bridgehead atoms. The maximum atomic E-state index is 13.4. The third-order valence-corrected chi connectivity index (χ3v) is 2.93. The molecule has 0 atom stereocenters. The summed E-state index contributed by atoms with van der Waals surface area (Å²) in [6.07, 6.45) is 0. The van der Waals surface area contributed by atoms with Gasteiger partial charge in [-0.1, -0.05) is 17.9 Å². The summed E-state index contributed by atoms with van der Waals surface area (Å²) in [5.74, 6) is 2.11. The first-order chi connectivity index (χ1) is 11.0. The average Bonchev–Trinajstić information content (AvgIpc) is 2.52. The molecule has 4 nitrogen and oxygen atoms in total. The Morgan fingerprint density at radius 3 is 2.22 bits per heavy atom. The maximum absolute atomic E-state index is 13.4. The summed E-state index contributed by atoms with van der Waals surface area (Å²) in [5.41, 5.74) is 5.45. The van der Waals surface area contributed by atoms with E-state index < -0.39 is 29.0 Å². The highest BCUT2D eigenvalue weighted by molar-refractivity contribution is 5.95. The third kappa shape index (κ3) is 4.14. The highest BCUT2D eigenvalue weighted by Gasteiger charge is 2.15. The lowest BCUT2D eigenvalue weighted by molar-refractivity contribution is 0.0949. The van der Waals surface area contributed by atoms with E-state index in [2.05, 4.69) is 17.2 Å². The number of nitrogens with one attached hydrogen (secondary N) is 1. The second kappa shape index (κ2) is 7.18. The predicted molar refractivity (Wildman–Crippen MR) is 80.5 cm³/mol. The minimum absolute atomic E-state index is 0.0792. The van der Waals surface area contributed by atoms with Crippen LogP contribution < -0.4 is 11.1 Å². The van der Waals surface area contributed by atoms with Gasteiger partial charge in [0.1, 0.15) is 17.2 Å². The van der Waals surface area contributed by atoms with Gasteiger partial charge in [0, 0.05) is 11.1 Å². The molecule has 0 aliphatic carbocycles. The molecule has 0 fully saturated rings. The summed E-state index contributed by atoms with van der Waals surface area (Å²) in [5, 5.41) is 2.31. The number of benzene rings is 2. The van der Waals surface area contributed by atoms with E-state index in [-0.39, 0.29) is 6.54 Å². The number of amides is 2. The van der Waals surface area contributed by atoms with Gasteiger partial charge >= 0.3 is 0 Å². The lowest BCUT2D eigenvalue weighted by Crippen LogP contribution is -2.25. The average molecular weight is 314 g/mol. The third-order valence-electron chi connectivity index (χ3n) is 2.93.